The summed E-state index contributed by atoms with van der Waals surface area (Å²) >= 11 is 0. The van der Waals surface area contributed by atoms with Crippen molar-refractivity contribution in [3.8, 4) is 17.1 Å². The molecule has 11 nitrogen and oxygen atoms in total. The summed E-state index contributed by atoms with van der Waals surface area (Å²) in [5, 5.41) is 9.96. The van der Waals surface area contributed by atoms with E-state index in [0.717, 1.165) is 73.1 Å². The molecule has 0 bridgehead atoms. The molecule has 0 atom stereocenters. The number of imidazole rings is 1. The van der Waals surface area contributed by atoms with Gasteiger partial charge in [-0.25, -0.2) is 15.0 Å². The van der Waals surface area contributed by atoms with Crippen molar-refractivity contribution < 1.29 is 9.53 Å². The predicted octanol–water partition coefficient (Wildman–Crippen LogP) is 2.52. The van der Waals surface area contributed by atoms with Crippen molar-refractivity contribution in [2.24, 2.45) is 7.05 Å². The topological polar surface area (TPSA) is 117 Å². The Labute approximate surface area is 214 Å². The van der Waals surface area contributed by atoms with Gasteiger partial charge in [-0.15, -0.1) is 0 Å². The number of carbonyl (C=O) groups is 1. The number of fused-ring (bicyclic) bond motifs is 1. The molecular formula is C26H31N9O2. The molecule has 2 aliphatic rings. The summed E-state index contributed by atoms with van der Waals surface area (Å²) in [4.78, 5) is 30.8. The summed E-state index contributed by atoms with van der Waals surface area (Å²) in [6.07, 6.45) is 9.71. The number of hydrogen-bond acceptors (Lipinski definition) is 8. The minimum absolute atomic E-state index is 0.0440. The van der Waals surface area contributed by atoms with Crippen LogP contribution in [0.4, 0.5) is 11.5 Å². The molecule has 6 rings (SSSR count). The Morgan fingerprint density at radius 1 is 1.14 bits per heavy atom. The Bertz CT molecular complexity index is 1370. The third kappa shape index (κ3) is 4.81. The van der Waals surface area contributed by atoms with Crippen LogP contribution < -0.4 is 19.9 Å². The van der Waals surface area contributed by atoms with Crippen molar-refractivity contribution in [1.82, 2.24) is 35.0 Å². The minimum atomic E-state index is -0.0486. The average Bonchev–Trinajstić information content (AvgIpc) is 3.70. The van der Waals surface area contributed by atoms with Gasteiger partial charge in [-0.3, -0.25) is 9.89 Å². The van der Waals surface area contributed by atoms with Crippen LogP contribution in [0.2, 0.25) is 0 Å². The molecule has 3 aromatic heterocycles. The lowest BCUT2D eigenvalue weighted by Gasteiger charge is -2.36. The highest BCUT2D eigenvalue weighted by atomic mass is 16.5. The fourth-order valence-corrected chi connectivity index (χ4v) is 5.28. The average molecular weight is 502 g/mol. The summed E-state index contributed by atoms with van der Waals surface area (Å²) in [5.41, 5.74) is 3.59. The molecule has 0 radical (unpaired) electrons. The Balaban J connectivity index is 1.10. The molecule has 4 aromatic rings. The number of nitrogens with one attached hydrogen (secondary N) is 2. The maximum atomic E-state index is 12.2. The van der Waals surface area contributed by atoms with E-state index in [4.69, 9.17) is 9.72 Å². The number of piperazine rings is 1. The number of rotatable bonds is 7. The maximum absolute atomic E-state index is 12.2. The van der Waals surface area contributed by atoms with Crippen molar-refractivity contribution in [2.75, 3.05) is 42.6 Å². The zero-order chi connectivity index (χ0) is 25.2. The summed E-state index contributed by atoms with van der Waals surface area (Å²) in [5.74, 6) is 2.31. The van der Waals surface area contributed by atoms with Crippen molar-refractivity contribution in [1.29, 1.82) is 0 Å². The zero-order valence-electron chi connectivity index (χ0n) is 20.9. The number of aromatic nitrogens is 6. The van der Waals surface area contributed by atoms with Gasteiger partial charge in [0.1, 0.15) is 17.9 Å². The molecule has 1 saturated carbocycles. The van der Waals surface area contributed by atoms with Crippen molar-refractivity contribution in [2.45, 2.75) is 31.7 Å². The fourth-order valence-electron chi connectivity index (χ4n) is 5.28. The number of amides is 1. The third-order valence-corrected chi connectivity index (χ3v) is 7.25. The van der Waals surface area contributed by atoms with Gasteiger partial charge in [0.15, 0.2) is 23.6 Å². The van der Waals surface area contributed by atoms with Gasteiger partial charge in [0.05, 0.1) is 11.8 Å². The predicted molar refractivity (Wildman–Crippen MR) is 141 cm³/mol. The summed E-state index contributed by atoms with van der Waals surface area (Å²) in [6.45, 7) is 3.32. The lowest BCUT2D eigenvalue weighted by Crippen LogP contribution is -2.47. The Morgan fingerprint density at radius 3 is 2.73 bits per heavy atom. The second-order valence-corrected chi connectivity index (χ2v) is 9.66. The quantitative estimate of drug-likeness (QED) is 0.397. The lowest BCUT2D eigenvalue weighted by atomic mass is 10.2. The highest BCUT2D eigenvalue weighted by molar-refractivity contribution is 5.86. The number of anilines is 2. The molecule has 2 fully saturated rings. The maximum Gasteiger partial charge on any atom is 0.258 e. The van der Waals surface area contributed by atoms with Gasteiger partial charge in [-0.1, -0.05) is 18.9 Å². The van der Waals surface area contributed by atoms with Gasteiger partial charge in [0, 0.05) is 57.2 Å². The molecule has 1 saturated heterocycles. The first-order valence-corrected chi connectivity index (χ1v) is 12.8. The van der Waals surface area contributed by atoms with Gasteiger partial charge in [0.25, 0.3) is 5.91 Å². The first kappa shape index (κ1) is 23.3. The van der Waals surface area contributed by atoms with E-state index in [1.165, 1.54) is 12.8 Å². The first-order valence-electron chi connectivity index (χ1n) is 12.8. The highest BCUT2D eigenvalue weighted by Crippen LogP contribution is 2.29. The van der Waals surface area contributed by atoms with E-state index in [0.29, 0.717) is 11.8 Å². The second kappa shape index (κ2) is 10.1. The summed E-state index contributed by atoms with van der Waals surface area (Å²) in [7, 11) is 1.96. The van der Waals surface area contributed by atoms with Crippen LogP contribution in [0, 0.1) is 0 Å². The van der Waals surface area contributed by atoms with E-state index in [2.05, 4.69) is 41.3 Å². The van der Waals surface area contributed by atoms with Gasteiger partial charge in [-0.05, 0) is 25.0 Å². The lowest BCUT2D eigenvalue weighted by molar-refractivity contribution is -0.123. The summed E-state index contributed by atoms with van der Waals surface area (Å²) in [6, 6.07) is 8.28. The molecule has 1 aromatic carbocycles. The number of nitrogens with zero attached hydrogens (tertiary/aromatic N) is 7. The first-order chi connectivity index (χ1) is 18.2. The standard InChI is InChI=1S/C26H31N9O2/c1-33-24(18-14-29-30-15-18)32-23-25(33)27-17-28-26(23)35-11-9-34(10-12-35)20-7-4-8-21(13-20)37-16-22(36)31-19-5-2-3-6-19/h4,7-8,13-15,17,19H,2-3,5-6,9-12,16H2,1H3,(H,29,30)(H,31,36). The third-order valence-electron chi connectivity index (χ3n) is 7.25. The largest absolute Gasteiger partial charge is 0.484 e. The Morgan fingerprint density at radius 2 is 1.95 bits per heavy atom. The van der Waals surface area contributed by atoms with Gasteiger partial charge >= 0.3 is 0 Å². The van der Waals surface area contributed by atoms with E-state index in [9.17, 15) is 4.79 Å². The number of hydrogen-bond donors (Lipinski definition) is 2. The Hall–Kier alpha value is -4.15. The molecule has 0 unspecified atom stereocenters. The van der Waals surface area contributed by atoms with Crippen LogP contribution in [-0.2, 0) is 11.8 Å². The summed E-state index contributed by atoms with van der Waals surface area (Å²) < 4.78 is 7.78. The van der Waals surface area contributed by atoms with Crippen molar-refractivity contribution in [3.05, 3.63) is 43.0 Å². The number of carbonyl (C=O) groups excluding carboxylic acids is 1. The van der Waals surface area contributed by atoms with Crippen LogP contribution in [0.3, 0.4) is 0 Å². The molecule has 37 heavy (non-hydrogen) atoms. The van der Waals surface area contributed by atoms with Crippen LogP contribution in [0.5, 0.6) is 5.75 Å². The number of aromatic amines is 1. The van der Waals surface area contributed by atoms with E-state index in [-0.39, 0.29) is 12.5 Å². The second-order valence-electron chi connectivity index (χ2n) is 9.66. The van der Waals surface area contributed by atoms with Crippen LogP contribution in [-0.4, -0.2) is 74.5 Å². The molecular weight excluding hydrogens is 470 g/mol. The molecule has 2 N–H and O–H groups in total. The smallest absolute Gasteiger partial charge is 0.258 e. The van der Waals surface area contributed by atoms with E-state index in [1.807, 2.05) is 36.0 Å². The number of aryl methyl sites for hydroxylation is 1. The molecule has 1 amide bonds. The number of benzene rings is 1. The molecule has 192 valence electrons. The van der Waals surface area contributed by atoms with Gasteiger partial charge < -0.3 is 24.4 Å². The van der Waals surface area contributed by atoms with Crippen LogP contribution in [0.25, 0.3) is 22.6 Å². The van der Waals surface area contributed by atoms with E-state index < -0.39 is 0 Å². The van der Waals surface area contributed by atoms with Crippen molar-refractivity contribution in [3.63, 3.8) is 0 Å². The van der Waals surface area contributed by atoms with Crippen molar-refractivity contribution >= 4 is 28.6 Å². The van der Waals surface area contributed by atoms with Crippen LogP contribution in [0.1, 0.15) is 25.7 Å². The molecule has 4 heterocycles. The molecule has 11 heteroatoms. The zero-order valence-corrected chi connectivity index (χ0v) is 20.9. The van der Waals surface area contributed by atoms with Gasteiger partial charge in [-0.2, -0.15) is 5.10 Å². The van der Waals surface area contributed by atoms with Gasteiger partial charge in [0.2, 0.25) is 0 Å². The highest BCUT2D eigenvalue weighted by Gasteiger charge is 2.24. The molecule has 1 aliphatic carbocycles. The van der Waals surface area contributed by atoms with Crippen LogP contribution >= 0.6 is 0 Å². The van der Waals surface area contributed by atoms with E-state index in [1.54, 1.807) is 12.5 Å². The normalized spacial score (nSPS) is 16.5. The number of H-pyrrole nitrogens is 1. The molecule has 0 spiro atoms. The monoisotopic (exact) mass is 501 g/mol. The van der Waals surface area contributed by atoms with Crippen LogP contribution in [0.15, 0.2) is 43.0 Å². The minimum Gasteiger partial charge on any atom is -0.484 e. The number of ether oxygens (including phenoxy) is 1. The SMILES string of the molecule is Cn1c(-c2cn[nH]c2)nc2c(N3CCN(c4cccc(OCC(=O)NC5CCCC5)c4)CC3)ncnc21. The van der Waals surface area contributed by atoms with E-state index >= 15 is 0 Å². The molecule has 1 aliphatic heterocycles. The fraction of sp³-hybridized carbons (Fsp3) is 0.423. The Kier molecular flexibility index (Phi) is 6.33.